The lowest BCUT2D eigenvalue weighted by molar-refractivity contribution is 1.10. The first-order valence-corrected chi connectivity index (χ1v) is 5.66. The predicted molar refractivity (Wildman–Crippen MR) is 73.3 cm³/mol. The van der Waals surface area contributed by atoms with Crippen LogP contribution in [0.15, 0.2) is 36.5 Å². The van der Waals surface area contributed by atoms with E-state index in [9.17, 15) is 0 Å². The lowest BCUT2D eigenvalue weighted by Gasteiger charge is -2.08. The Bertz CT molecular complexity index is 688. The average Bonchev–Trinajstić information content (AvgIpc) is 2.90. The summed E-state index contributed by atoms with van der Waals surface area (Å²) in [5.41, 5.74) is 9.65. The number of H-pyrrole nitrogens is 1. The predicted octanol–water partition coefficient (Wildman–Crippen LogP) is 2.25. The van der Waals surface area contributed by atoms with E-state index in [1.165, 1.54) is 0 Å². The fourth-order valence-corrected chi connectivity index (χ4v) is 2.04. The van der Waals surface area contributed by atoms with Crippen molar-refractivity contribution in [2.75, 3.05) is 18.1 Å². The minimum absolute atomic E-state index is 0.508. The topological polar surface area (TPSA) is 79.6 Å². The molecule has 0 unspecified atom stereocenters. The standard InChI is InChI=1S/C13H13N5/c1-15-11-7-13(14)17-12-6-8(2-3-9(11)12)10-4-5-16-18-10/h2-7H,1H3,(H,16,18)(H3,14,15,17). The fourth-order valence-electron chi connectivity index (χ4n) is 2.04. The maximum absolute atomic E-state index is 5.80. The average molecular weight is 239 g/mol. The van der Waals surface area contributed by atoms with Crippen LogP contribution in [0.1, 0.15) is 0 Å². The third kappa shape index (κ3) is 1.66. The van der Waals surface area contributed by atoms with Gasteiger partial charge in [-0.25, -0.2) is 4.98 Å². The Balaban J connectivity index is 2.24. The van der Waals surface area contributed by atoms with Crippen molar-refractivity contribution in [3.8, 4) is 11.3 Å². The molecule has 90 valence electrons. The monoisotopic (exact) mass is 239 g/mol. The van der Waals surface area contributed by atoms with Crippen LogP contribution in [0.25, 0.3) is 22.2 Å². The molecule has 0 atom stereocenters. The van der Waals surface area contributed by atoms with E-state index in [-0.39, 0.29) is 0 Å². The number of rotatable bonds is 2. The van der Waals surface area contributed by atoms with Crippen LogP contribution in [0.2, 0.25) is 0 Å². The zero-order valence-electron chi connectivity index (χ0n) is 9.94. The number of aromatic amines is 1. The molecule has 0 radical (unpaired) electrons. The van der Waals surface area contributed by atoms with E-state index >= 15 is 0 Å². The number of anilines is 2. The number of nitrogens with one attached hydrogen (secondary N) is 2. The van der Waals surface area contributed by atoms with Gasteiger partial charge in [0.25, 0.3) is 0 Å². The van der Waals surface area contributed by atoms with Gasteiger partial charge in [-0.15, -0.1) is 0 Å². The van der Waals surface area contributed by atoms with Crippen LogP contribution in [-0.4, -0.2) is 22.2 Å². The van der Waals surface area contributed by atoms with Crippen molar-refractivity contribution in [2.45, 2.75) is 0 Å². The van der Waals surface area contributed by atoms with Gasteiger partial charge in [-0.05, 0) is 12.1 Å². The molecule has 0 aliphatic rings. The van der Waals surface area contributed by atoms with Crippen LogP contribution in [-0.2, 0) is 0 Å². The summed E-state index contributed by atoms with van der Waals surface area (Å²) < 4.78 is 0. The van der Waals surface area contributed by atoms with E-state index in [2.05, 4.69) is 20.5 Å². The van der Waals surface area contributed by atoms with Crippen LogP contribution in [0.4, 0.5) is 11.5 Å². The van der Waals surface area contributed by atoms with Crippen LogP contribution in [0, 0.1) is 0 Å². The normalized spacial score (nSPS) is 10.7. The van der Waals surface area contributed by atoms with Crippen molar-refractivity contribution in [1.82, 2.24) is 15.2 Å². The number of nitrogen functional groups attached to an aromatic ring is 1. The molecule has 0 aliphatic carbocycles. The number of hydrogen-bond donors (Lipinski definition) is 3. The minimum Gasteiger partial charge on any atom is -0.387 e. The highest BCUT2D eigenvalue weighted by molar-refractivity contribution is 5.95. The van der Waals surface area contributed by atoms with Gasteiger partial charge in [-0.1, -0.05) is 12.1 Å². The highest BCUT2D eigenvalue weighted by Gasteiger charge is 2.06. The Morgan fingerprint density at radius 1 is 1.22 bits per heavy atom. The summed E-state index contributed by atoms with van der Waals surface area (Å²) >= 11 is 0. The summed E-state index contributed by atoms with van der Waals surface area (Å²) in [6.07, 6.45) is 1.73. The molecular formula is C13H13N5. The lowest BCUT2D eigenvalue weighted by Crippen LogP contribution is -1.96. The molecule has 0 fully saturated rings. The zero-order valence-corrected chi connectivity index (χ0v) is 9.94. The molecule has 18 heavy (non-hydrogen) atoms. The van der Waals surface area contributed by atoms with Crippen LogP contribution in [0.3, 0.4) is 0 Å². The second kappa shape index (κ2) is 4.03. The fraction of sp³-hybridized carbons (Fsp3) is 0.0769. The van der Waals surface area contributed by atoms with Gasteiger partial charge < -0.3 is 11.1 Å². The van der Waals surface area contributed by atoms with Gasteiger partial charge in [0, 0.05) is 35.9 Å². The van der Waals surface area contributed by atoms with E-state index in [0.29, 0.717) is 5.82 Å². The highest BCUT2D eigenvalue weighted by Crippen LogP contribution is 2.27. The van der Waals surface area contributed by atoms with Gasteiger partial charge in [0.05, 0.1) is 11.2 Å². The SMILES string of the molecule is CNc1cc(N)nc2cc(-c3ccn[nH]3)ccc12. The molecular weight excluding hydrogens is 226 g/mol. The summed E-state index contributed by atoms with van der Waals surface area (Å²) in [6.45, 7) is 0. The van der Waals surface area contributed by atoms with Gasteiger partial charge in [0.1, 0.15) is 5.82 Å². The quantitative estimate of drug-likeness (QED) is 0.640. The van der Waals surface area contributed by atoms with Crippen molar-refractivity contribution in [3.63, 3.8) is 0 Å². The summed E-state index contributed by atoms with van der Waals surface area (Å²) in [5, 5.41) is 11.1. The summed E-state index contributed by atoms with van der Waals surface area (Å²) in [7, 11) is 1.87. The number of nitrogens with zero attached hydrogens (tertiary/aromatic N) is 2. The van der Waals surface area contributed by atoms with Crippen molar-refractivity contribution in [1.29, 1.82) is 0 Å². The Morgan fingerprint density at radius 3 is 2.83 bits per heavy atom. The van der Waals surface area contributed by atoms with E-state index in [4.69, 9.17) is 5.73 Å². The van der Waals surface area contributed by atoms with Gasteiger partial charge in [-0.3, -0.25) is 5.10 Å². The molecule has 0 saturated heterocycles. The molecule has 4 N–H and O–H groups in total. The van der Waals surface area contributed by atoms with Crippen molar-refractivity contribution in [2.24, 2.45) is 0 Å². The first-order valence-electron chi connectivity index (χ1n) is 5.66. The first-order chi connectivity index (χ1) is 8.78. The molecule has 0 saturated carbocycles. The number of nitrogens with two attached hydrogens (primary N) is 1. The molecule has 3 aromatic rings. The van der Waals surface area contributed by atoms with E-state index in [1.54, 1.807) is 6.20 Å². The number of hydrogen-bond acceptors (Lipinski definition) is 4. The van der Waals surface area contributed by atoms with Crippen LogP contribution < -0.4 is 11.1 Å². The molecule has 0 amide bonds. The maximum Gasteiger partial charge on any atom is 0.126 e. The summed E-state index contributed by atoms with van der Waals surface area (Å²) in [5.74, 6) is 0.508. The second-order valence-corrected chi connectivity index (χ2v) is 4.05. The molecule has 2 aromatic heterocycles. The van der Waals surface area contributed by atoms with Crippen LogP contribution >= 0.6 is 0 Å². The van der Waals surface area contributed by atoms with Crippen molar-refractivity contribution >= 4 is 22.4 Å². The molecule has 0 aliphatic heterocycles. The highest BCUT2D eigenvalue weighted by atomic mass is 15.1. The van der Waals surface area contributed by atoms with Gasteiger partial charge in [0.2, 0.25) is 0 Å². The number of benzene rings is 1. The Morgan fingerprint density at radius 2 is 2.11 bits per heavy atom. The Kier molecular flexibility index (Phi) is 2.37. The van der Waals surface area contributed by atoms with E-state index in [0.717, 1.165) is 27.8 Å². The van der Waals surface area contributed by atoms with Gasteiger partial charge >= 0.3 is 0 Å². The van der Waals surface area contributed by atoms with E-state index in [1.807, 2.05) is 37.4 Å². The molecule has 3 rings (SSSR count). The van der Waals surface area contributed by atoms with Gasteiger partial charge in [0.15, 0.2) is 0 Å². The summed E-state index contributed by atoms with van der Waals surface area (Å²) in [4.78, 5) is 4.36. The van der Waals surface area contributed by atoms with Crippen molar-refractivity contribution in [3.05, 3.63) is 36.5 Å². The molecule has 0 spiro atoms. The second-order valence-electron chi connectivity index (χ2n) is 4.05. The third-order valence-electron chi connectivity index (χ3n) is 2.91. The largest absolute Gasteiger partial charge is 0.387 e. The number of fused-ring (bicyclic) bond motifs is 1. The summed E-state index contributed by atoms with van der Waals surface area (Å²) in [6, 6.07) is 9.82. The molecule has 0 bridgehead atoms. The zero-order chi connectivity index (χ0) is 12.5. The maximum atomic E-state index is 5.80. The minimum atomic E-state index is 0.508. The van der Waals surface area contributed by atoms with Crippen molar-refractivity contribution < 1.29 is 0 Å². The first kappa shape index (κ1) is 10.6. The Hall–Kier alpha value is -2.56. The molecule has 5 heteroatoms. The third-order valence-corrected chi connectivity index (χ3v) is 2.91. The molecule has 5 nitrogen and oxygen atoms in total. The van der Waals surface area contributed by atoms with Crippen LogP contribution in [0.5, 0.6) is 0 Å². The number of aromatic nitrogens is 3. The molecule has 1 aromatic carbocycles. The Labute approximate surface area is 104 Å². The number of pyridine rings is 1. The van der Waals surface area contributed by atoms with Gasteiger partial charge in [-0.2, -0.15) is 5.10 Å². The smallest absolute Gasteiger partial charge is 0.126 e. The molecule has 2 heterocycles. The lowest BCUT2D eigenvalue weighted by atomic mass is 10.1. The van der Waals surface area contributed by atoms with E-state index < -0.39 is 0 Å².